The number of amides is 2. The van der Waals surface area contributed by atoms with Gasteiger partial charge in [-0.2, -0.15) is 17.7 Å². The molecule has 292 valence electrons. The number of carbonyl (C=O) groups is 2. The molecule has 0 saturated heterocycles. The Morgan fingerprint density at radius 3 is 1.85 bits per heavy atom. The van der Waals surface area contributed by atoms with E-state index in [1.165, 1.54) is 37.9 Å². The van der Waals surface area contributed by atoms with E-state index in [1.807, 2.05) is 13.8 Å². The van der Waals surface area contributed by atoms with Crippen LogP contribution >= 0.6 is 11.6 Å². The quantitative estimate of drug-likeness (QED) is 0.131. The van der Waals surface area contributed by atoms with Gasteiger partial charge < -0.3 is 20.1 Å². The molecule has 2 N–H and O–H groups in total. The predicted molar refractivity (Wildman–Crippen MR) is 199 cm³/mol. The maximum atomic E-state index is 14.0. The Morgan fingerprint density at radius 1 is 0.764 bits per heavy atom. The first-order valence-corrected chi connectivity index (χ1v) is 19.3. The summed E-state index contributed by atoms with van der Waals surface area (Å²) in [5.74, 6) is 0.773. The van der Waals surface area contributed by atoms with Gasteiger partial charge in [0.2, 0.25) is 6.20 Å². The molecule has 2 aliphatic carbocycles. The number of aromatic nitrogens is 4. The van der Waals surface area contributed by atoms with Crippen LogP contribution in [0.4, 0.5) is 13.2 Å². The van der Waals surface area contributed by atoms with Crippen molar-refractivity contribution in [2.24, 2.45) is 11.8 Å². The van der Waals surface area contributed by atoms with E-state index in [9.17, 15) is 22.8 Å². The number of ether oxygens (including phenoxy) is 2. The van der Waals surface area contributed by atoms with E-state index in [2.05, 4.69) is 25.6 Å². The highest BCUT2D eigenvalue weighted by Crippen LogP contribution is 2.34. The molecule has 10 nitrogen and oxygen atoms in total. The van der Waals surface area contributed by atoms with Crippen LogP contribution in [0.3, 0.4) is 0 Å². The molecule has 0 bridgehead atoms. The van der Waals surface area contributed by atoms with Crippen LogP contribution in [0.15, 0.2) is 73.6 Å². The van der Waals surface area contributed by atoms with Gasteiger partial charge in [0.15, 0.2) is 18.0 Å². The third-order valence-electron chi connectivity index (χ3n) is 10.8. The molecule has 6 rings (SSSR count). The molecule has 0 aliphatic heterocycles. The van der Waals surface area contributed by atoms with Crippen molar-refractivity contribution in [2.75, 3.05) is 0 Å². The molecule has 2 aliphatic rings. The van der Waals surface area contributed by atoms with Gasteiger partial charge in [0.05, 0.1) is 33.7 Å². The lowest BCUT2D eigenvalue weighted by molar-refractivity contribution is -0.727. The maximum absolute atomic E-state index is 14.0. The average Bonchev–Trinajstić information content (AvgIpc) is 3.19. The highest BCUT2D eigenvalue weighted by Gasteiger charge is 2.37. The number of halogens is 4. The van der Waals surface area contributed by atoms with Crippen molar-refractivity contribution in [3.8, 4) is 11.5 Å². The molecular formula is C41H47ClF3N6O4+. The van der Waals surface area contributed by atoms with Crippen molar-refractivity contribution in [2.45, 2.75) is 109 Å². The predicted octanol–water partition coefficient (Wildman–Crippen LogP) is 8.24. The standard InChI is InChI=1S/C41H46ClF3N6O4/c1-26(28-6-4-3-5-7-28)49-39(52)30-9-13-35(48-19-30)25-55-38-16-32(41(43,44)45)22-51(23-38)36-14-10-29(11-15-36)27(2)50-40(53)31-8-12-34(47-18-31)24-54-37-17-33(42)20-46-21-37/h8-9,12-13,16-23,26-29,36H,3-7,10-11,14-15,24-25H2,1-2H3,(H-,49,50,52,53)/p+1. The Morgan fingerprint density at radius 2 is 1.33 bits per heavy atom. The summed E-state index contributed by atoms with van der Waals surface area (Å²) in [5.41, 5.74) is 1.16. The van der Waals surface area contributed by atoms with E-state index in [0.717, 1.165) is 37.9 Å². The molecule has 0 aromatic carbocycles. The van der Waals surface area contributed by atoms with E-state index < -0.39 is 11.7 Å². The summed E-state index contributed by atoms with van der Waals surface area (Å²) >= 11 is 5.95. The minimum atomic E-state index is -4.56. The third kappa shape index (κ3) is 11.1. The van der Waals surface area contributed by atoms with Gasteiger partial charge in [-0.3, -0.25) is 24.5 Å². The number of carbonyl (C=O) groups excluding carboxylic acids is 2. The fraction of sp³-hybridized carbons (Fsp3) is 0.463. The Labute approximate surface area is 324 Å². The maximum Gasteiger partial charge on any atom is 0.422 e. The first-order chi connectivity index (χ1) is 26.4. The zero-order chi connectivity index (χ0) is 39.0. The molecule has 2 atom stereocenters. The minimum Gasteiger partial charge on any atom is -0.486 e. The summed E-state index contributed by atoms with van der Waals surface area (Å²) in [4.78, 5) is 38.5. The van der Waals surface area contributed by atoms with E-state index in [1.54, 1.807) is 47.3 Å². The fourth-order valence-corrected chi connectivity index (χ4v) is 7.61. The van der Waals surface area contributed by atoms with Crippen molar-refractivity contribution in [1.82, 2.24) is 25.6 Å². The molecule has 4 aromatic heterocycles. The van der Waals surface area contributed by atoms with Gasteiger partial charge in [0.1, 0.15) is 24.5 Å². The highest BCUT2D eigenvalue weighted by molar-refractivity contribution is 6.30. The van der Waals surface area contributed by atoms with Crippen LogP contribution in [-0.2, 0) is 19.4 Å². The first kappa shape index (κ1) is 39.9. The van der Waals surface area contributed by atoms with Gasteiger partial charge >= 0.3 is 6.18 Å². The molecule has 2 saturated carbocycles. The second-order valence-corrected chi connectivity index (χ2v) is 15.1. The number of pyridine rings is 4. The van der Waals surface area contributed by atoms with Crippen molar-refractivity contribution >= 4 is 23.4 Å². The summed E-state index contributed by atoms with van der Waals surface area (Å²) in [6, 6.07) is 9.13. The highest BCUT2D eigenvalue weighted by atomic mass is 35.5. The van der Waals surface area contributed by atoms with Crippen molar-refractivity contribution in [3.05, 3.63) is 107 Å². The number of rotatable bonds is 13. The minimum absolute atomic E-state index is 0.0572. The molecule has 2 unspecified atom stereocenters. The van der Waals surface area contributed by atoms with Crippen LogP contribution in [0, 0.1) is 11.8 Å². The van der Waals surface area contributed by atoms with Gasteiger partial charge in [-0.05, 0) is 75.6 Å². The molecule has 2 amide bonds. The molecule has 0 radical (unpaired) electrons. The fourth-order valence-electron chi connectivity index (χ4n) is 7.44. The van der Waals surface area contributed by atoms with Gasteiger partial charge in [-0.1, -0.05) is 30.9 Å². The van der Waals surface area contributed by atoms with Crippen LogP contribution in [0.1, 0.15) is 115 Å². The lowest BCUT2D eigenvalue weighted by atomic mass is 9.82. The van der Waals surface area contributed by atoms with Crippen molar-refractivity contribution < 1.29 is 36.8 Å². The first-order valence-electron chi connectivity index (χ1n) is 18.9. The number of hydrogen-bond acceptors (Lipinski definition) is 7. The van der Waals surface area contributed by atoms with E-state index in [0.29, 0.717) is 52.0 Å². The Hall–Kier alpha value is -4.78. The van der Waals surface area contributed by atoms with Gasteiger partial charge in [0, 0.05) is 55.6 Å². The van der Waals surface area contributed by atoms with Crippen LogP contribution in [0.2, 0.25) is 5.02 Å². The number of nitrogens with zero attached hydrogens (tertiary/aromatic N) is 4. The Kier molecular flexibility index (Phi) is 13.2. The second kappa shape index (κ2) is 18.2. The number of nitrogens with one attached hydrogen (secondary N) is 2. The van der Waals surface area contributed by atoms with Crippen molar-refractivity contribution in [1.29, 1.82) is 0 Å². The van der Waals surface area contributed by atoms with Gasteiger partial charge in [-0.25, -0.2) is 0 Å². The summed E-state index contributed by atoms with van der Waals surface area (Å²) in [6.45, 7) is 4.12. The van der Waals surface area contributed by atoms with E-state index in [4.69, 9.17) is 21.1 Å². The Bertz CT molecular complexity index is 1900. The molecule has 4 aromatic rings. The molecule has 4 heterocycles. The number of alkyl halides is 3. The van der Waals surface area contributed by atoms with Crippen LogP contribution < -0.4 is 24.7 Å². The largest absolute Gasteiger partial charge is 0.486 e. The summed E-state index contributed by atoms with van der Waals surface area (Å²) in [7, 11) is 0. The third-order valence-corrected chi connectivity index (χ3v) is 11.0. The van der Waals surface area contributed by atoms with Gasteiger partial charge in [-0.15, -0.1) is 0 Å². The molecule has 55 heavy (non-hydrogen) atoms. The molecular weight excluding hydrogens is 733 g/mol. The lowest BCUT2D eigenvalue weighted by Gasteiger charge is -2.30. The zero-order valence-corrected chi connectivity index (χ0v) is 31.8. The zero-order valence-electron chi connectivity index (χ0n) is 31.0. The summed E-state index contributed by atoms with van der Waals surface area (Å²) in [6.07, 6.45) is 12.8. The summed E-state index contributed by atoms with van der Waals surface area (Å²) in [5, 5.41) is 6.62. The SMILES string of the molecule is CC(NC(=O)c1ccc(COc2cc(C(F)(F)F)c[n+](C3CCC(C(C)NC(=O)c4ccc(COc5cncc(Cl)c5)nc4)CC3)c2)nc1)C1CCCCC1. The summed E-state index contributed by atoms with van der Waals surface area (Å²) < 4.78 is 55.1. The van der Waals surface area contributed by atoms with Gasteiger partial charge in [0.25, 0.3) is 11.8 Å². The monoisotopic (exact) mass is 779 g/mol. The molecule has 0 spiro atoms. The van der Waals surface area contributed by atoms with E-state index in [-0.39, 0.29) is 54.8 Å². The van der Waals surface area contributed by atoms with Crippen LogP contribution in [0.25, 0.3) is 0 Å². The van der Waals surface area contributed by atoms with E-state index >= 15 is 0 Å². The molecule has 2 fully saturated rings. The second-order valence-electron chi connectivity index (χ2n) is 14.7. The normalized spacial score (nSPS) is 18.9. The number of hydrogen-bond donors (Lipinski definition) is 2. The topological polar surface area (TPSA) is 119 Å². The van der Waals surface area contributed by atoms with Crippen LogP contribution in [-0.4, -0.2) is 38.8 Å². The lowest BCUT2D eigenvalue weighted by Crippen LogP contribution is -2.45. The Balaban J connectivity index is 0.997. The molecule has 14 heteroatoms. The van der Waals surface area contributed by atoms with Crippen LogP contribution in [0.5, 0.6) is 11.5 Å². The average molecular weight is 780 g/mol. The smallest absolute Gasteiger partial charge is 0.422 e. The van der Waals surface area contributed by atoms with Crippen molar-refractivity contribution in [3.63, 3.8) is 0 Å².